The third kappa shape index (κ3) is 3.80. The molecule has 0 fully saturated rings. The molecule has 7 heteroatoms. The van der Waals surface area contributed by atoms with Gasteiger partial charge in [-0.1, -0.05) is 42.0 Å². The SMILES string of the molecule is CC(=O)Oc1ccc(N(C(C)=O)S(=O)(=O)c2c(C)cc(C)cc2C)c2ccccc12. The van der Waals surface area contributed by atoms with Gasteiger partial charge in [0, 0.05) is 24.6 Å². The minimum absolute atomic E-state index is 0.108. The number of nitrogens with zero attached hydrogens (tertiary/aromatic N) is 1. The Balaban J connectivity index is 2.30. The van der Waals surface area contributed by atoms with Crippen molar-refractivity contribution in [2.24, 2.45) is 0 Å². The van der Waals surface area contributed by atoms with Crippen molar-refractivity contribution in [3.05, 3.63) is 65.2 Å². The Morgan fingerprint density at radius 2 is 1.43 bits per heavy atom. The number of hydrogen-bond acceptors (Lipinski definition) is 5. The van der Waals surface area contributed by atoms with Crippen LogP contribution in [-0.4, -0.2) is 20.3 Å². The number of carbonyl (C=O) groups excluding carboxylic acids is 2. The van der Waals surface area contributed by atoms with Crippen LogP contribution in [0.3, 0.4) is 0 Å². The summed E-state index contributed by atoms with van der Waals surface area (Å²) in [6.45, 7) is 7.82. The van der Waals surface area contributed by atoms with E-state index in [1.807, 2.05) is 6.92 Å². The molecule has 3 aromatic rings. The molecule has 0 saturated heterocycles. The molecule has 0 bridgehead atoms. The molecular formula is C23H23NO5S. The molecule has 30 heavy (non-hydrogen) atoms. The lowest BCUT2D eigenvalue weighted by molar-refractivity contribution is -0.131. The van der Waals surface area contributed by atoms with E-state index in [1.165, 1.54) is 26.0 Å². The maximum atomic E-state index is 13.7. The number of amides is 1. The van der Waals surface area contributed by atoms with Crippen LogP contribution >= 0.6 is 0 Å². The first-order valence-corrected chi connectivity index (χ1v) is 10.8. The molecule has 3 aromatic carbocycles. The Labute approximate surface area is 176 Å². The van der Waals surface area contributed by atoms with Crippen molar-refractivity contribution in [3.8, 4) is 5.75 Å². The van der Waals surface area contributed by atoms with E-state index in [2.05, 4.69) is 0 Å². The highest BCUT2D eigenvalue weighted by Gasteiger charge is 2.33. The van der Waals surface area contributed by atoms with E-state index >= 15 is 0 Å². The van der Waals surface area contributed by atoms with Crippen molar-refractivity contribution >= 4 is 38.4 Å². The van der Waals surface area contributed by atoms with E-state index in [0.29, 0.717) is 27.6 Å². The summed E-state index contributed by atoms with van der Waals surface area (Å²) in [5.74, 6) is -0.833. The van der Waals surface area contributed by atoms with Crippen molar-refractivity contribution in [2.75, 3.05) is 4.31 Å². The number of aryl methyl sites for hydroxylation is 3. The van der Waals surface area contributed by atoms with Gasteiger partial charge in [-0.05, 0) is 44.0 Å². The largest absolute Gasteiger partial charge is 0.426 e. The first-order valence-electron chi connectivity index (χ1n) is 9.38. The average molecular weight is 426 g/mol. The van der Waals surface area contributed by atoms with E-state index in [0.717, 1.165) is 9.87 Å². The lowest BCUT2D eigenvalue weighted by Crippen LogP contribution is -2.36. The fraction of sp³-hybridized carbons (Fsp3) is 0.217. The van der Waals surface area contributed by atoms with E-state index in [-0.39, 0.29) is 10.6 Å². The molecule has 0 atom stereocenters. The van der Waals surface area contributed by atoms with Gasteiger partial charge in [-0.3, -0.25) is 9.59 Å². The summed E-state index contributed by atoms with van der Waals surface area (Å²) in [6.07, 6.45) is 0. The fourth-order valence-electron chi connectivity index (χ4n) is 3.81. The maximum absolute atomic E-state index is 13.7. The van der Waals surface area contributed by atoms with Gasteiger partial charge in [0.05, 0.1) is 10.6 Å². The lowest BCUT2D eigenvalue weighted by atomic mass is 10.1. The van der Waals surface area contributed by atoms with Crippen LogP contribution < -0.4 is 9.04 Å². The van der Waals surface area contributed by atoms with E-state index in [9.17, 15) is 18.0 Å². The summed E-state index contributed by atoms with van der Waals surface area (Å²) in [6, 6.07) is 13.4. The number of rotatable bonds is 4. The number of carbonyl (C=O) groups is 2. The van der Waals surface area contributed by atoms with Crippen molar-refractivity contribution in [1.82, 2.24) is 0 Å². The van der Waals surface area contributed by atoms with Crippen LogP contribution in [0.1, 0.15) is 30.5 Å². The first-order chi connectivity index (χ1) is 14.0. The molecule has 0 saturated carbocycles. The second kappa shape index (κ2) is 7.91. The molecule has 0 aliphatic heterocycles. The van der Waals surface area contributed by atoms with E-state index < -0.39 is 21.9 Å². The molecule has 0 aliphatic rings. The average Bonchev–Trinajstić information content (AvgIpc) is 2.61. The third-order valence-corrected chi connectivity index (χ3v) is 6.82. The summed E-state index contributed by atoms with van der Waals surface area (Å²) in [5, 5.41) is 1.02. The van der Waals surface area contributed by atoms with Gasteiger partial charge in [0.25, 0.3) is 10.0 Å². The predicted molar refractivity (Wildman–Crippen MR) is 116 cm³/mol. The van der Waals surface area contributed by atoms with Gasteiger partial charge < -0.3 is 4.74 Å². The number of hydrogen-bond donors (Lipinski definition) is 0. The molecule has 0 aliphatic carbocycles. The summed E-state index contributed by atoms with van der Waals surface area (Å²) < 4.78 is 33.4. The Kier molecular flexibility index (Phi) is 5.67. The van der Waals surface area contributed by atoms with E-state index in [1.54, 1.807) is 50.2 Å². The minimum Gasteiger partial charge on any atom is -0.426 e. The zero-order chi connectivity index (χ0) is 22.2. The quantitative estimate of drug-likeness (QED) is 0.456. The summed E-state index contributed by atoms with van der Waals surface area (Å²) in [4.78, 5) is 24.2. The van der Waals surface area contributed by atoms with Crippen molar-refractivity contribution < 1.29 is 22.7 Å². The highest BCUT2D eigenvalue weighted by atomic mass is 32.2. The summed E-state index contributed by atoms with van der Waals surface area (Å²) >= 11 is 0. The van der Waals surface area contributed by atoms with Gasteiger partial charge in [0.15, 0.2) is 0 Å². The normalized spacial score (nSPS) is 11.4. The van der Waals surface area contributed by atoms with Gasteiger partial charge in [-0.25, -0.2) is 12.7 Å². The molecule has 0 heterocycles. The molecule has 1 amide bonds. The second-order valence-electron chi connectivity index (χ2n) is 7.24. The van der Waals surface area contributed by atoms with E-state index in [4.69, 9.17) is 4.74 Å². The maximum Gasteiger partial charge on any atom is 0.308 e. The van der Waals surface area contributed by atoms with Crippen LogP contribution in [0.25, 0.3) is 10.8 Å². The van der Waals surface area contributed by atoms with Gasteiger partial charge >= 0.3 is 5.97 Å². The molecule has 0 radical (unpaired) electrons. The predicted octanol–water partition coefficient (Wildman–Crippen LogP) is 4.43. The van der Waals surface area contributed by atoms with Crippen LogP contribution in [-0.2, 0) is 19.6 Å². The number of esters is 1. The molecule has 0 spiro atoms. The standard InChI is InChI=1S/C23H23NO5S/c1-14-12-15(2)23(16(3)13-14)30(27,28)24(17(4)25)21-10-11-22(29-18(5)26)20-9-7-6-8-19(20)21/h6-13H,1-5H3. The molecular weight excluding hydrogens is 402 g/mol. The molecule has 3 rings (SSSR count). The van der Waals surface area contributed by atoms with Crippen molar-refractivity contribution in [3.63, 3.8) is 0 Å². The summed E-state index contributed by atoms with van der Waals surface area (Å²) in [5.41, 5.74) is 2.28. The van der Waals surface area contributed by atoms with Crippen LogP contribution in [0.4, 0.5) is 5.69 Å². The Bertz CT molecular complexity index is 1250. The van der Waals surface area contributed by atoms with Gasteiger partial charge in [0.1, 0.15) is 5.75 Å². The van der Waals surface area contributed by atoms with Crippen molar-refractivity contribution in [2.45, 2.75) is 39.5 Å². The fourth-order valence-corrected chi connectivity index (χ4v) is 5.68. The molecule has 0 aromatic heterocycles. The number of benzene rings is 3. The molecule has 156 valence electrons. The second-order valence-corrected chi connectivity index (χ2v) is 8.96. The number of sulfonamides is 1. The highest BCUT2D eigenvalue weighted by molar-refractivity contribution is 7.93. The van der Waals surface area contributed by atoms with Gasteiger partial charge in [-0.15, -0.1) is 0 Å². The Hall–Kier alpha value is -3.19. The van der Waals surface area contributed by atoms with Gasteiger partial charge in [-0.2, -0.15) is 0 Å². The zero-order valence-electron chi connectivity index (χ0n) is 17.5. The Morgan fingerprint density at radius 3 is 1.97 bits per heavy atom. The third-order valence-electron chi connectivity index (χ3n) is 4.72. The van der Waals surface area contributed by atoms with Crippen LogP contribution in [0.5, 0.6) is 5.75 Å². The smallest absolute Gasteiger partial charge is 0.308 e. The topological polar surface area (TPSA) is 80.8 Å². The van der Waals surface area contributed by atoms with Gasteiger partial charge in [0.2, 0.25) is 5.91 Å². The molecule has 0 N–H and O–H groups in total. The number of fused-ring (bicyclic) bond motifs is 1. The monoisotopic (exact) mass is 425 g/mol. The van der Waals surface area contributed by atoms with Crippen LogP contribution in [0, 0.1) is 20.8 Å². The lowest BCUT2D eigenvalue weighted by Gasteiger charge is -2.25. The van der Waals surface area contributed by atoms with Crippen molar-refractivity contribution in [1.29, 1.82) is 0 Å². The number of ether oxygens (including phenoxy) is 1. The highest BCUT2D eigenvalue weighted by Crippen LogP contribution is 2.37. The zero-order valence-corrected chi connectivity index (χ0v) is 18.3. The van der Waals surface area contributed by atoms with Crippen LogP contribution in [0.15, 0.2) is 53.4 Å². The number of anilines is 1. The minimum atomic E-state index is -4.18. The molecule has 0 unspecified atom stereocenters. The Morgan fingerprint density at radius 1 is 0.867 bits per heavy atom. The first kappa shape index (κ1) is 21.5. The molecule has 6 nitrogen and oxygen atoms in total. The summed E-state index contributed by atoms with van der Waals surface area (Å²) in [7, 11) is -4.18. The van der Waals surface area contributed by atoms with Crippen LogP contribution in [0.2, 0.25) is 0 Å².